The lowest BCUT2D eigenvalue weighted by atomic mass is 10.1. The minimum absolute atomic E-state index is 0.520. The van der Waals surface area contributed by atoms with Gasteiger partial charge in [0.25, 0.3) is 0 Å². The smallest absolute Gasteiger partial charge is 0.320 e. The molecule has 5 N–H and O–H groups in total. The first-order valence-corrected chi connectivity index (χ1v) is 5.37. The van der Waals surface area contributed by atoms with Crippen LogP contribution < -0.4 is 11.5 Å². The summed E-state index contributed by atoms with van der Waals surface area (Å²) in [7, 11) is -5.17. The number of hydrogen-bond acceptors (Lipinski definition) is 7. The van der Waals surface area contributed by atoms with Crippen LogP contribution in [0.4, 0.5) is 0 Å². The van der Waals surface area contributed by atoms with E-state index in [0.717, 1.165) is 12.8 Å². The first-order chi connectivity index (χ1) is 6.68. The molecule has 0 aliphatic heterocycles. The van der Waals surface area contributed by atoms with Gasteiger partial charge in [-0.1, -0.05) is 6.42 Å². The topological polar surface area (TPSA) is 170 Å². The predicted molar refractivity (Wildman–Crippen MR) is 49.0 cm³/mol. The maximum absolute atomic E-state index is 10.1. The first-order valence-electron chi connectivity index (χ1n) is 4.03. The molecule has 0 aliphatic carbocycles. The molecule has 9 heteroatoms. The molecular formula is C6H14N2O6S-2. The van der Waals surface area contributed by atoms with Gasteiger partial charge in [0.15, 0.2) is 0 Å². The Kier molecular flexibility index (Phi) is 9.52. The second-order valence-corrected chi connectivity index (χ2v) is 3.45. The van der Waals surface area contributed by atoms with Crippen LogP contribution in [-0.2, 0) is 15.2 Å². The van der Waals surface area contributed by atoms with Crippen molar-refractivity contribution in [1.82, 2.24) is 0 Å². The van der Waals surface area contributed by atoms with Crippen LogP contribution in [0.3, 0.4) is 0 Å². The number of carboxylic acids is 1. The van der Waals surface area contributed by atoms with Gasteiger partial charge in [-0.25, -0.2) is 0 Å². The summed E-state index contributed by atoms with van der Waals surface area (Å²) in [6.07, 6.45) is 2.16. The Labute approximate surface area is 87.8 Å². The van der Waals surface area contributed by atoms with Gasteiger partial charge in [0.2, 0.25) is 0 Å². The number of hydrogen-bond donors (Lipinski definition) is 3. The lowest BCUT2D eigenvalue weighted by Gasteiger charge is -2.06. The Hall–Kier alpha value is -0.740. The van der Waals surface area contributed by atoms with Crippen LogP contribution in [0.5, 0.6) is 0 Å². The summed E-state index contributed by atoms with van der Waals surface area (Å²) in [6.45, 7) is 0.604. The van der Waals surface area contributed by atoms with Crippen molar-refractivity contribution in [3.8, 4) is 0 Å². The van der Waals surface area contributed by atoms with Crippen molar-refractivity contribution in [3.05, 3.63) is 0 Å². The standard InChI is InChI=1S/C6H14N2O2.H2O4S/c7-4-2-1-3-5(8)6(9)10;1-5(2,3)4/h5H,1-4,7-8H2,(H,9,10);(H2,1,2,3,4)/p-2/t5-;/m0./s1. The van der Waals surface area contributed by atoms with Gasteiger partial charge in [-0.15, -0.1) is 0 Å². The number of aliphatic carboxylic acids is 1. The highest BCUT2D eigenvalue weighted by Gasteiger charge is 2.09. The van der Waals surface area contributed by atoms with Crippen LogP contribution in [0, 0.1) is 0 Å². The van der Waals surface area contributed by atoms with Gasteiger partial charge in [0.05, 0.1) is 0 Å². The Morgan fingerprint density at radius 3 is 2.00 bits per heavy atom. The zero-order chi connectivity index (χ0) is 12.5. The van der Waals surface area contributed by atoms with E-state index in [1.165, 1.54) is 0 Å². The molecule has 0 radical (unpaired) electrons. The summed E-state index contributed by atoms with van der Waals surface area (Å²) in [5.74, 6) is -0.933. The summed E-state index contributed by atoms with van der Waals surface area (Å²) in [6, 6.07) is -0.716. The van der Waals surface area contributed by atoms with Gasteiger partial charge in [0, 0.05) is 10.4 Å². The maximum atomic E-state index is 10.1. The molecule has 8 nitrogen and oxygen atoms in total. The minimum Gasteiger partial charge on any atom is -0.759 e. The first kappa shape index (κ1) is 16.7. The largest absolute Gasteiger partial charge is 0.759 e. The molecule has 0 aromatic carbocycles. The van der Waals surface area contributed by atoms with Gasteiger partial charge >= 0.3 is 5.97 Å². The van der Waals surface area contributed by atoms with E-state index >= 15 is 0 Å². The minimum atomic E-state index is -5.17. The van der Waals surface area contributed by atoms with Crippen LogP contribution in [0.15, 0.2) is 0 Å². The fraction of sp³-hybridized carbons (Fsp3) is 0.833. The lowest BCUT2D eigenvalue weighted by molar-refractivity contribution is -0.138. The van der Waals surface area contributed by atoms with Crippen LogP contribution in [0.25, 0.3) is 0 Å². The second kappa shape index (κ2) is 8.56. The van der Waals surface area contributed by atoms with Crippen LogP contribution >= 0.6 is 0 Å². The van der Waals surface area contributed by atoms with E-state index in [0.29, 0.717) is 13.0 Å². The van der Waals surface area contributed by atoms with Crippen LogP contribution in [0.2, 0.25) is 0 Å². The highest BCUT2D eigenvalue weighted by Crippen LogP contribution is 1.96. The Bertz CT molecular complexity index is 257. The molecule has 1 atom stereocenters. The lowest BCUT2D eigenvalue weighted by Crippen LogP contribution is -2.29. The van der Waals surface area contributed by atoms with E-state index in [1.54, 1.807) is 0 Å². The fourth-order valence-electron chi connectivity index (χ4n) is 0.632. The number of carboxylic acid groups (broad SMARTS) is 1. The number of rotatable bonds is 5. The summed E-state index contributed by atoms with van der Waals surface area (Å²) < 4.78 is 34.1. The predicted octanol–water partition coefficient (Wildman–Crippen LogP) is -1.81. The Morgan fingerprint density at radius 1 is 1.33 bits per heavy atom. The van der Waals surface area contributed by atoms with Crippen molar-refractivity contribution in [2.75, 3.05) is 6.54 Å². The molecule has 0 spiro atoms. The SMILES string of the molecule is NCCCC[C@H](N)C(=O)O.O=S(=O)([O-])[O-]. The number of carbonyl (C=O) groups is 1. The third kappa shape index (κ3) is 24.6. The molecule has 0 heterocycles. The van der Waals surface area contributed by atoms with E-state index in [2.05, 4.69) is 0 Å². The maximum Gasteiger partial charge on any atom is 0.320 e. The zero-order valence-electron chi connectivity index (χ0n) is 7.96. The number of unbranched alkanes of at least 4 members (excludes halogenated alkanes) is 1. The van der Waals surface area contributed by atoms with Crippen LogP contribution in [-0.4, -0.2) is 41.2 Å². The van der Waals surface area contributed by atoms with E-state index in [1.807, 2.05) is 0 Å². The van der Waals surface area contributed by atoms with Crippen molar-refractivity contribution in [1.29, 1.82) is 0 Å². The molecule has 0 unspecified atom stereocenters. The highest BCUT2D eigenvalue weighted by molar-refractivity contribution is 7.79. The molecule has 0 amide bonds. The monoisotopic (exact) mass is 242 g/mol. The van der Waals surface area contributed by atoms with Gasteiger partial charge in [-0.05, 0) is 19.4 Å². The van der Waals surface area contributed by atoms with Crippen molar-refractivity contribution in [3.63, 3.8) is 0 Å². The number of nitrogens with two attached hydrogens (primary N) is 2. The molecule has 0 fully saturated rings. The molecule has 92 valence electrons. The molecule has 0 aromatic rings. The quantitative estimate of drug-likeness (QED) is 0.287. The Balaban J connectivity index is 0. The average Bonchev–Trinajstić information content (AvgIpc) is 2.01. The molecular weight excluding hydrogens is 228 g/mol. The molecule has 0 bridgehead atoms. The van der Waals surface area contributed by atoms with Crippen LogP contribution in [0.1, 0.15) is 19.3 Å². The van der Waals surface area contributed by atoms with Crippen molar-refractivity contribution in [2.45, 2.75) is 25.3 Å². The third-order valence-corrected chi connectivity index (χ3v) is 1.29. The highest BCUT2D eigenvalue weighted by atomic mass is 32.3. The van der Waals surface area contributed by atoms with E-state index in [-0.39, 0.29) is 0 Å². The van der Waals surface area contributed by atoms with E-state index in [4.69, 9.17) is 34.1 Å². The van der Waals surface area contributed by atoms with Gasteiger partial charge in [-0.2, -0.15) is 0 Å². The third-order valence-electron chi connectivity index (χ3n) is 1.29. The van der Waals surface area contributed by atoms with E-state index < -0.39 is 22.4 Å². The summed E-state index contributed by atoms with van der Waals surface area (Å²) >= 11 is 0. The summed E-state index contributed by atoms with van der Waals surface area (Å²) in [4.78, 5) is 10.1. The molecule has 0 aliphatic rings. The van der Waals surface area contributed by atoms with Crippen molar-refractivity contribution >= 4 is 16.4 Å². The zero-order valence-corrected chi connectivity index (χ0v) is 8.77. The van der Waals surface area contributed by atoms with Gasteiger partial charge < -0.3 is 25.7 Å². The molecule has 0 saturated heterocycles. The molecule has 0 saturated carbocycles. The molecule has 0 aromatic heterocycles. The normalized spacial score (nSPS) is 12.5. The van der Waals surface area contributed by atoms with Crippen molar-refractivity contribution < 1.29 is 27.4 Å². The summed E-state index contributed by atoms with van der Waals surface area (Å²) in [5, 5.41) is 8.33. The Morgan fingerprint density at radius 2 is 1.73 bits per heavy atom. The molecule has 0 rings (SSSR count). The molecule has 15 heavy (non-hydrogen) atoms. The van der Waals surface area contributed by atoms with E-state index in [9.17, 15) is 4.79 Å². The second-order valence-electron chi connectivity index (χ2n) is 2.64. The van der Waals surface area contributed by atoms with Crippen molar-refractivity contribution in [2.24, 2.45) is 11.5 Å². The van der Waals surface area contributed by atoms with Gasteiger partial charge in [0.1, 0.15) is 6.04 Å². The average molecular weight is 242 g/mol. The summed E-state index contributed by atoms with van der Waals surface area (Å²) in [5.41, 5.74) is 10.4. The fourth-order valence-corrected chi connectivity index (χ4v) is 0.632. The van der Waals surface area contributed by atoms with Gasteiger partial charge in [-0.3, -0.25) is 13.2 Å².